The molecule has 0 bridgehead atoms. The summed E-state index contributed by atoms with van der Waals surface area (Å²) in [4.78, 5) is 5.31. The highest BCUT2D eigenvalue weighted by Crippen LogP contribution is 2.54. The van der Waals surface area contributed by atoms with Crippen LogP contribution in [-0.2, 0) is 32.5 Å². The van der Waals surface area contributed by atoms with E-state index in [-0.39, 0.29) is 39.2 Å². The van der Waals surface area contributed by atoms with E-state index < -0.39 is 0 Å². The second-order valence-electron chi connectivity index (χ2n) is 28.0. The van der Waals surface area contributed by atoms with Crippen LogP contribution in [0.2, 0.25) is 0 Å². The van der Waals surface area contributed by atoms with Crippen LogP contribution < -0.4 is 26.2 Å². The zero-order chi connectivity index (χ0) is 53.5. The Morgan fingerprint density at radius 2 is 0.907 bits per heavy atom. The van der Waals surface area contributed by atoms with Crippen LogP contribution in [-0.4, -0.2) is 6.71 Å². The van der Waals surface area contributed by atoms with Crippen LogP contribution >= 0.6 is 0 Å². The fourth-order valence-electron chi connectivity index (χ4n) is 13.2. The van der Waals surface area contributed by atoms with Gasteiger partial charge in [-0.25, -0.2) is 0 Å². The molecule has 0 radical (unpaired) electrons. The highest BCUT2D eigenvalue weighted by molar-refractivity contribution is 7.00. The topological polar surface area (TPSA) is 6.48 Å². The summed E-state index contributed by atoms with van der Waals surface area (Å²) in [5.74, 6) is 0. The fourth-order valence-corrected chi connectivity index (χ4v) is 13.2. The molecule has 11 rings (SSSR count). The van der Waals surface area contributed by atoms with Crippen molar-refractivity contribution in [3.63, 3.8) is 0 Å². The van der Waals surface area contributed by atoms with Crippen molar-refractivity contribution < 1.29 is 0 Å². The van der Waals surface area contributed by atoms with Crippen molar-refractivity contribution >= 4 is 57.2 Å². The van der Waals surface area contributed by atoms with E-state index in [4.69, 9.17) is 0 Å². The van der Waals surface area contributed by atoms with E-state index in [2.05, 4.69) is 285 Å². The van der Waals surface area contributed by atoms with Gasteiger partial charge < -0.3 is 9.80 Å². The smallest absolute Gasteiger partial charge is 0.252 e. The zero-order valence-electron chi connectivity index (χ0n) is 48.2. The standard InChI is InChI=1S/C72H79BN2/c1-45-37-64-66-65(38-45)75(61-36-32-52(69(8,9)10)40-55(61)47-21-19-18-20-22-47)63-43-58-57(71(14,15)44-72(58,16)17)42-60(63)73(66)59-35-27-49(46-23-28-50(29-24-46)67(2,3)4)39-62(59)74(64)53-33-34-56(70(11,12)13)54(41-53)48-25-30-51(31-26-48)68(5,6)7/h18-43H,44H2,1-17H3. The fraction of sp³-hybridized carbons (Fsp3) is 0.333. The summed E-state index contributed by atoms with van der Waals surface area (Å²) in [5, 5.41) is 0. The summed E-state index contributed by atoms with van der Waals surface area (Å²) >= 11 is 0. The van der Waals surface area contributed by atoms with E-state index in [9.17, 15) is 0 Å². The Morgan fingerprint density at radius 1 is 0.387 bits per heavy atom. The normalized spacial score (nSPS) is 15.6. The lowest BCUT2D eigenvalue weighted by molar-refractivity contribution is 0.403. The Morgan fingerprint density at radius 3 is 1.49 bits per heavy atom. The Kier molecular flexibility index (Phi) is 11.6. The zero-order valence-corrected chi connectivity index (χ0v) is 48.2. The molecule has 8 aromatic rings. The average molecular weight is 983 g/mol. The van der Waals surface area contributed by atoms with Crippen molar-refractivity contribution in [1.82, 2.24) is 0 Å². The molecular weight excluding hydrogens is 904 g/mol. The van der Waals surface area contributed by atoms with E-state index in [0.29, 0.717) is 0 Å². The Bertz CT molecular complexity index is 3540. The second kappa shape index (κ2) is 17.2. The lowest BCUT2D eigenvalue weighted by Crippen LogP contribution is -2.61. The molecule has 75 heavy (non-hydrogen) atoms. The van der Waals surface area contributed by atoms with Crippen molar-refractivity contribution in [2.24, 2.45) is 0 Å². The van der Waals surface area contributed by atoms with Crippen LogP contribution in [0.15, 0.2) is 158 Å². The SMILES string of the molecule is Cc1cc2c3c(c1)N(c1ccc(C(C)(C)C)cc1-c1ccccc1)c1cc4c(cc1B3c1ccc(-c3ccc(C(C)(C)C)cc3)cc1N2c1ccc(C(C)(C)C)c(-c2ccc(C(C)(C)C)cc2)c1)C(C)(C)CC4(C)C. The third kappa shape index (κ3) is 8.67. The van der Waals surface area contributed by atoms with Gasteiger partial charge in [0.2, 0.25) is 0 Å². The number of fused-ring (bicyclic) bond motifs is 5. The minimum atomic E-state index is -0.0812. The first-order valence-electron chi connectivity index (χ1n) is 27.7. The predicted molar refractivity (Wildman–Crippen MR) is 327 cm³/mol. The maximum atomic E-state index is 2.67. The molecule has 0 unspecified atom stereocenters. The molecule has 2 heterocycles. The Balaban J connectivity index is 1.24. The molecule has 0 amide bonds. The first kappa shape index (κ1) is 50.6. The van der Waals surface area contributed by atoms with Crippen LogP contribution in [0.5, 0.6) is 0 Å². The summed E-state index contributed by atoms with van der Waals surface area (Å²) in [5.41, 5.74) is 28.5. The van der Waals surface area contributed by atoms with E-state index in [0.717, 1.165) is 6.42 Å². The van der Waals surface area contributed by atoms with Crippen LogP contribution in [0.1, 0.15) is 156 Å². The summed E-state index contributed by atoms with van der Waals surface area (Å²) < 4.78 is 0. The van der Waals surface area contributed by atoms with Crippen LogP contribution in [0.25, 0.3) is 33.4 Å². The number of anilines is 6. The lowest BCUT2D eigenvalue weighted by Gasteiger charge is -2.45. The van der Waals surface area contributed by atoms with Crippen molar-refractivity contribution in [3.8, 4) is 33.4 Å². The molecule has 0 saturated carbocycles. The number of benzene rings is 8. The van der Waals surface area contributed by atoms with Gasteiger partial charge in [-0.3, -0.25) is 0 Å². The summed E-state index contributed by atoms with van der Waals surface area (Å²) in [6.45, 7) is 40.0. The molecule has 2 nitrogen and oxygen atoms in total. The van der Waals surface area contributed by atoms with E-state index in [1.807, 2.05) is 0 Å². The number of nitrogens with zero attached hydrogens (tertiary/aromatic N) is 2. The number of aryl methyl sites for hydroxylation is 1. The van der Waals surface area contributed by atoms with Gasteiger partial charge in [0.1, 0.15) is 0 Å². The van der Waals surface area contributed by atoms with Crippen molar-refractivity contribution in [2.75, 3.05) is 9.80 Å². The molecular formula is C72H79BN2. The molecule has 0 saturated heterocycles. The molecule has 1 aliphatic carbocycles. The minimum Gasteiger partial charge on any atom is -0.311 e. The number of hydrogen-bond acceptors (Lipinski definition) is 2. The summed E-state index contributed by atoms with van der Waals surface area (Å²) in [7, 11) is 0. The van der Waals surface area contributed by atoms with Gasteiger partial charge >= 0.3 is 0 Å². The van der Waals surface area contributed by atoms with Gasteiger partial charge in [-0.05, 0) is 178 Å². The molecule has 380 valence electrons. The molecule has 3 aliphatic rings. The highest BCUT2D eigenvalue weighted by Gasteiger charge is 2.48. The van der Waals surface area contributed by atoms with Gasteiger partial charge in [0.25, 0.3) is 6.71 Å². The maximum absolute atomic E-state index is 2.67. The Hall–Kier alpha value is -6.58. The van der Waals surface area contributed by atoms with Gasteiger partial charge in [0, 0.05) is 34.0 Å². The monoisotopic (exact) mass is 983 g/mol. The average Bonchev–Trinajstić information content (AvgIpc) is 3.57. The predicted octanol–water partition coefficient (Wildman–Crippen LogP) is 18.2. The van der Waals surface area contributed by atoms with Gasteiger partial charge in [0.05, 0.1) is 5.69 Å². The quantitative estimate of drug-likeness (QED) is 0.159. The van der Waals surface area contributed by atoms with Gasteiger partial charge in [-0.15, -0.1) is 0 Å². The molecule has 0 aromatic heterocycles. The molecule has 0 N–H and O–H groups in total. The highest BCUT2D eigenvalue weighted by atomic mass is 15.2. The van der Waals surface area contributed by atoms with E-state index in [1.54, 1.807) is 0 Å². The molecule has 0 atom stereocenters. The van der Waals surface area contributed by atoms with Gasteiger partial charge in [-0.2, -0.15) is 0 Å². The molecule has 3 heteroatoms. The minimum absolute atomic E-state index is 0.0116. The van der Waals surface area contributed by atoms with Crippen LogP contribution in [0, 0.1) is 6.92 Å². The van der Waals surface area contributed by atoms with Gasteiger partial charge in [0.15, 0.2) is 0 Å². The number of rotatable bonds is 5. The van der Waals surface area contributed by atoms with Crippen molar-refractivity contribution in [3.05, 3.63) is 197 Å². The molecule has 0 spiro atoms. The summed E-state index contributed by atoms with van der Waals surface area (Å²) in [6.07, 6.45) is 1.10. The van der Waals surface area contributed by atoms with E-state index >= 15 is 0 Å². The van der Waals surface area contributed by atoms with Crippen LogP contribution in [0.4, 0.5) is 34.1 Å². The lowest BCUT2D eigenvalue weighted by atomic mass is 9.33. The third-order valence-electron chi connectivity index (χ3n) is 17.1. The van der Waals surface area contributed by atoms with Crippen molar-refractivity contribution in [2.45, 2.75) is 157 Å². The third-order valence-corrected chi connectivity index (χ3v) is 17.1. The van der Waals surface area contributed by atoms with Crippen LogP contribution in [0.3, 0.4) is 0 Å². The molecule has 8 aromatic carbocycles. The van der Waals surface area contributed by atoms with E-state index in [1.165, 1.54) is 123 Å². The van der Waals surface area contributed by atoms with Crippen molar-refractivity contribution in [1.29, 1.82) is 0 Å². The maximum Gasteiger partial charge on any atom is 0.252 e. The second-order valence-corrected chi connectivity index (χ2v) is 28.0. The first-order chi connectivity index (χ1) is 35.1. The number of hydrogen-bond donors (Lipinski definition) is 0. The van der Waals surface area contributed by atoms with Gasteiger partial charge in [-0.1, -0.05) is 220 Å². The first-order valence-corrected chi connectivity index (χ1v) is 27.7. The summed E-state index contributed by atoms with van der Waals surface area (Å²) in [6, 6.07) is 62.1. The Labute approximate surface area is 451 Å². The molecule has 2 aliphatic heterocycles. The largest absolute Gasteiger partial charge is 0.311 e. The molecule has 0 fully saturated rings.